The monoisotopic (exact) mass is 371 g/mol. The molecule has 1 atom stereocenters. The zero-order valence-electron chi connectivity index (χ0n) is 15.9. The topological polar surface area (TPSA) is 64.0 Å². The van der Waals surface area contributed by atoms with Gasteiger partial charge in [-0.25, -0.2) is 0 Å². The highest BCUT2D eigenvalue weighted by atomic mass is 16.5. The van der Waals surface area contributed by atoms with Gasteiger partial charge in [-0.2, -0.15) is 0 Å². The Morgan fingerprint density at radius 2 is 1.78 bits per heavy atom. The van der Waals surface area contributed by atoms with Crippen molar-refractivity contribution in [3.8, 4) is 11.5 Å². The van der Waals surface area contributed by atoms with Crippen molar-refractivity contribution in [2.75, 3.05) is 38.8 Å². The molecule has 1 aromatic carbocycles. The molecule has 7 nitrogen and oxygen atoms in total. The number of carbonyl (C=O) groups excluding carboxylic acids is 1. The van der Waals surface area contributed by atoms with Crippen molar-refractivity contribution in [2.24, 2.45) is 0 Å². The zero-order valence-corrected chi connectivity index (χ0v) is 15.9. The molecular formula is C20H25N3O4. The molecule has 0 radical (unpaired) electrons. The summed E-state index contributed by atoms with van der Waals surface area (Å²) in [7, 11) is 3.11. The number of ether oxygens (including phenoxy) is 2. The van der Waals surface area contributed by atoms with Gasteiger partial charge in [0.2, 0.25) is 5.91 Å². The van der Waals surface area contributed by atoms with Crippen molar-refractivity contribution in [1.29, 1.82) is 0 Å². The molecule has 0 bridgehead atoms. The van der Waals surface area contributed by atoms with Crippen molar-refractivity contribution in [2.45, 2.75) is 19.5 Å². The van der Waals surface area contributed by atoms with E-state index in [-0.39, 0.29) is 29.8 Å². The molecule has 0 spiro atoms. The number of pyridine rings is 1. The van der Waals surface area contributed by atoms with E-state index in [1.54, 1.807) is 25.4 Å². The summed E-state index contributed by atoms with van der Waals surface area (Å²) >= 11 is 0. The van der Waals surface area contributed by atoms with Gasteiger partial charge in [0.1, 0.15) is 12.3 Å². The van der Waals surface area contributed by atoms with E-state index in [4.69, 9.17) is 9.47 Å². The number of para-hydroxylation sites is 2. The number of nitrogens with zero attached hydrogens (tertiary/aromatic N) is 3. The van der Waals surface area contributed by atoms with E-state index in [2.05, 4.69) is 4.90 Å². The third-order valence-corrected chi connectivity index (χ3v) is 4.88. The number of benzene rings is 1. The number of hydrogen-bond acceptors (Lipinski definition) is 5. The van der Waals surface area contributed by atoms with Gasteiger partial charge in [-0.05, 0) is 31.2 Å². The van der Waals surface area contributed by atoms with Gasteiger partial charge < -0.3 is 23.8 Å². The maximum absolute atomic E-state index is 12.8. The first-order valence-corrected chi connectivity index (χ1v) is 8.96. The summed E-state index contributed by atoms with van der Waals surface area (Å²) in [6.07, 6.45) is 1.61. The summed E-state index contributed by atoms with van der Waals surface area (Å²) in [5, 5.41) is 0. The average Bonchev–Trinajstić information content (AvgIpc) is 2.69. The molecule has 0 saturated carbocycles. The van der Waals surface area contributed by atoms with Gasteiger partial charge in [0.15, 0.2) is 5.75 Å². The lowest BCUT2D eigenvalue weighted by molar-refractivity contribution is -0.134. The summed E-state index contributed by atoms with van der Waals surface area (Å²) in [6, 6.07) is 11.2. The molecule has 7 heteroatoms. The molecule has 1 fully saturated rings. The molecule has 144 valence electrons. The van der Waals surface area contributed by atoms with Crippen molar-refractivity contribution >= 4 is 11.6 Å². The third kappa shape index (κ3) is 3.92. The Labute approximate surface area is 158 Å². The first-order chi connectivity index (χ1) is 13.0. The maximum Gasteiger partial charge on any atom is 0.293 e. The second-order valence-corrected chi connectivity index (χ2v) is 6.56. The van der Waals surface area contributed by atoms with Crippen LogP contribution in [0.4, 0.5) is 5.69 Å². The third-order valence-electron chi connectivity index (χ3n) is 4.88. The number of methoxy groups -OCH3 is 2. The molecule has 2 heterocycles. The molecule has 1 amide bonds. The van der Waals surface area contributed by atoms with E-state index in [1.807, 2.05) is 36.1 Å². The molecule has 1 aliphatic heterocycles. The number of piperazine rings is 1. The number of anilines is 1. The van der Waals surface area contributed by atoms with Crippen LogP contribution in [-0.2, 0) is 11.3 Å². The minimum absolute atomic E-state index is 0.00896. The van der Waals surface area contributed by atoms with E-state index in [0.29, 0.717) is 19.6 Å². The van der Waals surface area contributed by atoms with Gasteiger partial charge in [0.25, 0.3) is 5.56 Å². The first-order valence-electron chi connectivity index (χ1n) is 8.96. The number of rotatable bonds is 5. The van der Waals surface area contributed by atoms with E-state index in [0.717, 1.165) is 11.4 Å². The van der Waals surface area contributed by atoms with Crippen molar-refractivity contribution < 1.29 is 14.3 Å². The van der Waals surface area contributed by atoms with E-state index in [1.165, 1.54) is 11.7 Å². The van der Waals surface area contributed by atoms with Gasteiger partial charge in [0.05, 0.1) is 19.9 Å². The van der Waals surface area contributed by atoms with Gasteiger partial charge in [0, 0.05) is 31.9 Å². The van der Waals surface area contributed by atoms with Crippen LogP contribution in [0.1, 0.15) is 6.92 Å². The van der Waals surface area contributed by atoms with E-state index >= 15 is 0 Å². The quantitative estimate of drug-likeness (QED) is 0.799. The number of carbonyl (C=O) groups is 1. The van der Waals surface area contributed by atoms with Gasteiger partial charge in [-0.3, -0.25) is 9.59 Å². The first kappa shape index (κ1) is 18.8. The molecule has 1 aliphatic rings. The van der Waals surface area contributed by atoms with E-state index < -0.39 is 0 Å². The molecule has 1 aromatic heterocycles. The minimum atomic E-state index is -0.298. The predicted molar refractivity (Wildman–Crippen MR) is 104 cm³/mol. The average molecular weight is 371 g/mol. The summed E-state index contributed by atoms with van der Waals surface area (Å²) in [5.74, 6) is 0.990. The highest BCUT2D eigenvalue weighted by molar-refractivity contribution is 5.77. The molecule has 2 aromatic rings. The molecule has 0 N–H and O–H groups in total. The Bertz CT molecular complexity index is 864. The number of hydrogen-bond donors (Lipinski definition) is 0. The van der Waals surface area contributed by atoms with Crippen molar-refractivity contribution in [3.05, 3.63) is 52.9 Å². The summed E-state index contributed by atoms with van der Waals surface area (Å²) in [6.45, 7) is 4.04. The largest absolute Gasteiger partial charge is 0.495 e. The lowest BCUT2D eigenvalue weighted by atomic mass is 10.1. The molecule has 1 saturated heterocycles. The standard InChI is InChI=1S/C20H25N3O4/c1-15-13-21(16-7-4-5-8-17(16)26-2)11-12-23(15)19(24)14-22-10-6-9-18(27-3)20(22)25/h4-10,15H,11-14H2,1-3H3. The summed E-state index contributed by atoms with van der Waals surface area (Å²) in [5.41, 5.74) is 0.733. The summed E-state index contributed by atoms with van der Waals surface area (Å²) < 4.78 is 11.9. The van der Waals surface area contributed by atoms with Crippen LogP contribution in [0.25, 0.3) is 0 Å². The van der Waals surface area contributed by atoms with Gasteiger partial charge >= 0.3 is 0 Å². The fraction of sp³-hybridized carbons (Fsp3) is 0.400. The lowest BCUT2D eigenvalue weighted by Gasteiger charge is -2.41. The van der Waals surface area contributed by atoms with Crippen LogP contribution in [0.3, 0.4) is 0 Å². The predicted octanol–water partition coefficient (Wildman–Crippen LogP) is 1.60. The Morgan fingerprint density at radius 3 is 2.48 bits per heavy atom. The number of amides is 1. The normalized spacial score (nSPS) is 16.9. The Balaban J connectivity index is 1.69. The van der Waals surface area contributed by atoms with Crippen LogP contribution in [0.2, 0.25) is 0 Å². The highest BCUT2D eigenvalue weighted by Gasteiger charge is 2.28. The van der Waals surface area contributed by atoms with Crippen LogP contribution < -0.4 is 19.9 Å². The van der Waals surface area contributed by atoms with Gasteiger partial charge in [-0.15, -0.1) is 0 Å². The van der Waals surface area contributed by atoms with Gasteiger partial charge in [-0.1, -0.05) is 12.1 Å². The van der Waals surface area contributed by atoms with Crippen LogP contribution in [0, 0.1) is 0 Å². The Hall–Kier alpha value is -2.96. The molecule has 0 aliphatic carbocycles. The smallest absolute Gasteiger partial charge is 0.293 e. The van der Waals surface area contributed by atoms with Crippen molar-refractivity contribution in [3.63, 3.8) is 0 Å². The Morgan fingerprint density at radius 1 is 1.07 bits per heavy atom. The highest BCUT2D eigenvalue weighted by Crippen LogP contribution is 2.29. The second kappa shape index (κ2) is 8.16. The van der Waals surface area contributed by atoms with Crippen LogP contribution in [0.5, 0.6) is 11.5 Å². The van der Waals surface area contributed by atoms with E-state index in [9.17, 15) is 9.59 Å². The minimum Gasteiger partial charge on any atom is -0.495 e. The second-order valence-electron chi connectivity index (χ2n) is 6.56. The molecule has 1 unspecified atom stereocenters. The maximum atomic E-state index is 12.8. The Kier molecular flexibility index (Phi) is 5.69. The van der Waals surface area contributed by atoms with Crippen molar-refractivity contribution in [1.82, 2.24) is 9.47 Å². The van der Waals surface area contributed by atoms with Crippen LogP contribution in [0.15, 0.2) is 47.4 Å². The van der Waals surface area contributed by atoms with Crippen LogP contribution in [-0.4, -0.2) is 55.3 Å². The lowest BCUT2D eigenvalue weighted by Crippen LogP contribution is -2.55. The molecule has 27 heavy (non-hydrogen) atoms. The van der Waals surface area contributed by atoms with Crippen LogP contribution >= 0.6 is 0 Å². The molecule has 3 rings (SSSR count). The fourth-order valence-electron chi connectivity index (χ4n) is 3.47. The fourth-order valence-corrected chi connectivity index (χ4v) is 3.47. The SMILES string of the molecule is COc1ccccc1N1CCN(C(=O)Cn2cccc(OC)c2=O)C(C)C1. The molecular weight excluding hydrogens is 346 g/mol. The number of aromatic nitrogens is 1. The zero-order chi connectivity index (χ0) is 19.4. The summed E-state index contributed by atoms with van der Waals surface area (Å²) in [4.78, 5) is 29.1.